The van der Waals surface area contributed by atoms with Crippen molar-refractivity contribution in [3.8, 4) is 0 Å². The number of rotatable bonds is 3. The summed E-state index contributed by atoms with van der Waals surface area (Å²) in [5.74, 6) is 0.976. The van der Waals surface area contributed by atoms with E-state index < -0.39 is 0 Å². The summed E-state index contributed by atoms with van der Waals surface area (Å²) in [5.41, 5.74) is -0.216. The van der Waals surface area contributed by atoms with Gasteiger partial charge < -0.3 is 19.2 Å². The fourth-order valence-corrected chi connectivity index (χ4v) is 3.50. The van der Waals surface area contributed by atoms with Crippen LogP contribution in [0.5, 0.6) is 0 Å². The van der Waals surface area contributed by atoms with Crippen LogP contribution in [-0.2, 0) is 9.47 Å². The van der Waals surface area contributed by atoms with Crippen LogP contribution in [0.15, 0.2) is 21.3 Å². The molecule has 1 aromatic heterocycles. The Hall–Kier alpha value is -1.66. The summed E-state index contributed by atoms with van der Waals surface area (Å²) in [6.45, 7) is 4.51. The molecule has 0 saturated carbocycles. The second-order valence-electron chi connectivity index (χ2n) is 6.33. The Morgan fingerprint density at radius 3 is 2.61 bits per heavy atom. The molecule has 0 spiro atoms. The minimum Gasteiger partial charge on any atom is -0.456 e. The van der Waals surface area contributed by atoms with E-state index in [2.05, 4.69) is 5.32 Å². The summed E-state index contributed by atoms with van der Waals surface area (Å²) in [6, 6.07) is 2.66. The molecular formula is C17H23NO5. The van der Waals surface area contributed by atoms with Crippen LogP contribution < -0.4 is 10.7 Å². The Labute approximate surface area is 135 Å². The molecule has 2 aliphatic heterocycles. The Bertz CT molecular complexity index is 605. The monoisotopic (exact) mass is 321 g/mol. The van der Waals surface area contributed by atoms with Gasteiger partial charge in [0, 0.05) is 43.9 Å². The van der Waals surface area contributed by atoms with E-state index in [4.69, 9.17) is 13.9 Å². The molecule has 2 aliphatic rings. The number of hydrogen-bond acceptors (Lipinski definition) is 5. The second kappa shape index (κ2) is 7.27. The van der Waals surface area contributed by atoms with Crippen LogP contribution in [0.1, 0.15) is 35.6 Å². The molecule has 6 nitrogen and oxygen atoms in total. The minimum absolute atomic E-state index is 0.0464. The Morgan fingerprint density at radius 2 is 1.87 bits per heavy atom. The zero-order valence-electron chi connectivity index (χ0n) is 13.4. The highest BCUT2D eigenvalue weighted by Gasteiger charge is 2.34. The fraction of sp³-hybridized carbons (Fsp3) is 0.647. The van der Waals surface area contributed by atoms with Crippen LogP contribution in [0.2, 0.25) is 0 Å². The van der Waals surface area contributed by atoms with Gasteiger partial charge >= 0.3 is 0 Å². The standard InChI is InChI=1S/C17H23NO5/c1-11-8-13(19)9-16(23-11)17(20)18-15-4-7-22-10-14(15)12-2-5-21-6-3-12/h8-9,12,14-15H,2-7,10H2,1H3,(H,18,20)/t14-,15-/m1/s1. The summed E-state index contributed by atoms with van der Waals surface area (Å²) in [6.07, 6.45) is 2.78. The normalized spacial score (nSPS) is 26.0. The molecule has 23 heavy (non-hydrogen) atoms. The van der Waals surface area contributed by atoms with Crippen LogP contribution in [0.25, 0.3) is 0 Å². The van der Waals surface area contributed by atoms with Gasteiger partial charge in [0.25, 0.3) is 5.91 Å². The van der Waals surface area contributed by atoms with Gasteiger partial charge in [0.05, 0.1) is 6.61 Å². The van der Waals surface area contributed by atoms with Crippen molar-refractivity contribution in [2.24, 2.45) is 11.8 Å². The molecule has 3 heterocycles. The van der Waals surface area contributed by atoms with Crippen molar-refractivity contribution < 1.29 is 18.7 Å². The number of aryl methyl sites for hydroxylation is 1. The molecular weight excluding hydrogens is 298 g/mol. The number of amides is 1. The molecule has 0 aromatic carbocycles. The quantitative estimate of drug-likeness (QED) is 0.913. The maximum absolute atomic E-state index is 12.4. The molecule has 2 saturated heterocycles. The maximum atomic E-state index is 12.4. The van der Waals surface area contributed by atoms with Crippen molar-refractivity contribution >= 4 is 5.91 Å². The molecule has 0 bridgehead atoms. The summed E-state index contributed by atoms with van der Waals surface area (Å²) in [5, 5.41) is 3.04. The van der Waals surface area contributed by atoms with Crippen molar-refractivity contribution in [1.29, 1.82) is 0 Å². The average Bonchev–Trinajstić information content (AvgIpc) is 2.55. The highest BCUT2D eigenvalue weighted by molar-refractivity contribution is 5.91. The molecule has 3 rings (SSSR count). The van der Waals surface area contributed by atoms with E-state index in [0.29, 0.717) is 24.9 Å². The summed E-state index contributed by atoms with van der Waals surface area (Å²) >= 11 is 0. The van der Waals surface area contributed by atoms with Crippen LogP contribution in [-0.4, -0.2) is 38.4 Å². The van der Waals surface area contributed by atoms with Gasteiger partial charge in [-0.1, -0.05) is 0 Å². The first-order chi connectivity index (χ1) is 11.1. The van der Waals surface area contributed by atoms with Crippen molar-refractivity contribution in [3.63, 3.8) is 0 Å². The van der Waals surface area contributed by atoms with Crippen molar-refractivity contribution in [3.05, 3.63) is 33.9 Å². The maximum Gasteiger partial charge on any atom is 0.287 e. The van der Waals surface area contributed by atoms with Crippen molar-refractivity contribution in [1.82, 2.24) is 5.32 Å². The number of nitrogens with one attached hydrogen (secondary N) is 1. The molecule has 0 radical (unpaired) electrons. The Morgan fingerprint density at radius 1 is 1.13 bits per heavy atom. The Balaban J connectivity index is 1.70. The van der Waals surface area contributed by atoms with Gasteiger partial charge in [0.2, 0.25) is 0 Å². The molecule has 126 valence electrons. The van der Waals surface area contributed by atoms with E-state index in [9.17, 15) is 9.59 Å². The topological polar surface area (TPSA) is 77.8 Å². The summed E-state index contributed by atoms with van der Waals surface area (Å²) in [7, 11) is 0. The first-order valence-electron chi connectivity index (χ1n) is 8.21. The molecule has 2 atom stereocenters. The second-order valence-corrected chi connectivity index (χ2v) is 6.33. The summed E-state index contributed by atoms with van der Waals surface area (Å²) in [4.78, 5) is 24.0. The van der Waals surface area contributed by atoms with Crippen molar-refractivity contribution in [2.75, 3.05) is 26.4 Å². The van der Waals surface area contributed by atoms with Crippen molar-refractivity contribution in [2.45, 2.75) is 32.2 Å². The molecule has 0 unspecified atom stereocenters. The lowest BCUT2D eigenvalue weighted by Crippen LogP contribution is -2.49. The third kappa shape index (κ3) is 4.00. The van der Waals surface area contributed by atoms with Crippen LogP contribution in [0.4, 0.5) is 0 Å². The van der Waals surface area contributed by atoms with E-state index in [1.54, 1.807) is 6.92 Å². The highest BCUT2D eigenvalue weighted by atomic mass is 16.5. The molecule has 0 aliphatic carbocycles. The van der Waals surface area contributed by atoms with Crippen LogP contribution in [0, 0.1) is 18.8 Å². The first kappa shape index (κ1) is 16.2. The number of carbonyl (C=O) groups is 1. The highest BCUT2D eigenvalue weighted by Crippen LogP contribution is 2.30. The van der Waals surface area contributed by atoms with Gasteiger partial charge in [-0.2, -0.15) is 0 Å². The van der Waals surface area contributed by atoms with Gasteiger partial charge in [-0.15, -0.1) is 0 Å². The SMILES string of the molecule is Cc1cc(=O)cc(C(=O)N[C@@H]2CCOC[C@@H]2C2CCOCC2)o1. The molecule has 1 N–H and O–H groups in total. The van der Waals surface area contributed by atoms with Gasteiger partial charge in [-0.25, -0.2) is 0 Å². The van der Waals surface area contributed by atoms with Crippen LogP contribution in [0.3, 0.4) is 0 Å². The molecule has 6 heteroatoms. The van der Waals surface area contributed by atoms with Gasteiger partial charge in [-0.3, -0.25) is 9.59 Å². The van der Waals surface area contributed by atoms with Gasteiger partial charge in [0.15, 0.2) is 11.2 Å². The smallest absolute Gasteiger partial charge is 0.287 e. The number of hydrogen-bond donors (Lipinski definition) is 1. The van der Waals surface area contributed by atoms with E-state index in [1.807, 2.05) is 0 Å². The summed E-state index contributed by atoms with van der Waals surface area (Å²) < 4.78 is 16.4. The Kier molecular flexibility index (Phi) is 5.13. The minimum atomic E-state index is -0.324. The number of ether oxygens (including phenoxy) is 2. The van der Waals surface area contributed by atoms with E-state index >= 15 is 0 Å². The molecule has 2 fully saturated rings. The fourth-order valence-electron chi connectivity index (χ4n) is 3.50. The van der Waals surface area contributed by atoms with Gasteiger partial charge in [-0.05, 0) is 32.1 Å². The number of carbonyl (C=O) groups excluding carboxylic acids is 1. The predicted octanol–water partition coefficient (Wildman–Crippen LogP) is 1.51. The largest absolute Gasteiger partial charge is 0.456 e. The predicted molar refractivity (Wildman–Crippen MR) is 83.4 cm³/mol. The van der Waals surface area contributed by atoms with Gasteiger partial charge in [0.1, 0.15) is 5.76 Å². The zero-order chi connectivity index (χ0) is 16.2. The average molecular weight is 321 g/mol. The third-order valence-electron chi connectivity index (χ3n) is 4.70. The van der Waals surface area contributed by atoms with E-state index in [-0.39, 0.29) is 29.1 Å². The zero-order valence-corrected chi connectivity index (χ0v) is 13.4. The lowest BCUT2D eigenvalue weighted by atomic mass is 9.79. The molecule has 1 aromatic rings. The lowest BCUT2D eigenvalue weighted by Gasteiger charge is -2.38. The third-order valence-corrected chi connectivity index (χ3v) is 4.70. The van der Waals surface area contributed by atoms with E-state index in [0.717, 1.165) is 32.5 Å². The lowest BCUT2D eigenvalue weighted by molar-refractivity contribution is -0.0261. The van der Waals surface area contributed by atoms with E-state index in [1.165, 1.54) is 12.1 Å². The van der Waals surface area contributed by atoms with Crippen LogP contribution >= 0.6 is 0 Å². The molecule has 1 amide bonds. The first-order valence-corrected chi connectivity index (χ1v) is 8.21.